The monoisotopic (exact) mass is 747 g/mol. The largest absolute Gasteiger partial charge is 0.444 e. The van der Waals surface area contributed by atoms with E-state index < -0.39 is 59.5 Å². The van der Waals surface area contributed by atoms with Gasteiger partial charge in [0.05, 0.1) is 12.2 Å². The Morgan fingerprint density at radius 1 is 0.667 bits per heavy atom. The van der Waals surface area contributed by atoms with E-state index in [1.54, 1.807) is 77.9 Å². The zero-order valence-corrected chi connectivity index (χ0v) is 31.5. The van der Waals surface area contributed by atoms with E-state index in [9.17, 15) is 33.8 Å². The lowest BCUT2D eigenvalue weighted by Gasteiger charge is -2.29. The molecule has 4 N–H and O–H groups in total. The highest BCUT2D eigenvalue weighted by molar-refractivity contribution is 5.98. The van der Waals surface area contributed by atoms with E-state index in [0.29, 0.717) is 24.5 Å². The minimum Gasteiger partial charge on any atom is -0.444 e. The Labute approximate surface area is 315 Å². The quantitative estimate of drug-likeness (QED) is 0.217. The van der Waals surface area contributed by atoms with Crippen molar-refractivity contribution in [1.29, 1.82) is 0 Å². The fraction of sp³-hybridized carbons (Fsp3) is 0.450. The van der Waals surface area contributed by atoms with Crippen LogP contribution in [0.5, 0.6) is 0 Å². The SMILES string of the molecule is CC(C)(C)OC(=O)N1CC[C@H](O)C1C(=O)Nc1ccc(CN(Cc2ccc(NC(=O)[C@@H]3[C@@H](O)CCN3C(=O)OC(C)(C)C)cc2)c2ccc(F)cc2)cc1. The van der Waals surface area contributed by atoms with Crippen molar-refractivity contribution in [1.82, 2.24) is 9.80 Å². The van der Waals surface area contributed by atoms with Crippen LogP contribution in [-0.4, -0.2) is 92.6 Å². The van der Waals surface area contributed by atoms with Crippen LogP contribution in [-0.2, 0) is 32.2 Å². The molecule has 3 aromatic carbocycles. The molecule has 1 unspecified atom stereocenters. The van der Waals surface area contributed by atoms with Crippen LogP contribution in [0.4, 0.5) is 31.0 Å². The summed E-state index contributed by atoms with van der Waals surface area (Å²) >= 11 is 0. The molecular weight excluding hydrogens is 697 g/mol. The predicted molar refractivity (Wildman–Crippen MR) is 201 cm³/mol. The molecule has 2 saturated heterocycles. The van der Waals surface area contributed by atoms with Crippen LogP contribution in [0.15, 0.2) is 72.8 Å². The lowest BCUT2D eigenvalue weighted by Crippen LogP contribution is -2.49. The van der Waals surface area contributed by atoms with Crippen LogP contribution in [0.3, 0.4) is 0 Å². The van der Waals surface area contributed by atoms with Gasteiger partial charge in [0.15, 0.2) is 0 Å². The van der Waals surface area contributed by atoms with Crippen molar-refractivity contribution in [2.24, 2.45) is 0 Å². The van der Waals surface area contributed by atoms with Gasteiger partial charge in [-0.25, -0.2) is 14.0 Å². The summed E-state index contributed by atoms with van der Waals surface area (Å²) in [5.74, 6) is -1.41. The Kier molecular flexibility index (Phi) is 12.2. The van der Waals surface area contributed by atoms with Gasteiger partial charge in [-0.3, -0.25) is 19.4 Å². The third-order valence-corrected chi connectivity index (χ3v) is 8.91. The molecule has 0 bridgehead atoms. The fourth-order valence-electron chi connectivity index (χ4n) is 6.39. The van der Waals surface area contributed by atoms with E-state index in [0.717, 1.165) is 16.8 Å². The molecule has 0 aromatic heterocycles. The molecule has 2 aliphatic heterocycles. The van der Waals surface area contributed by atoms with E-state index in [1.165, 1.54) is 21.9 Å². The summed E-state index contributed by atoms with van der Waals surface area (Å²) < 4.78 is 24.7. The first-order valence-corrected chi connectivity index (χ1v) is 18.0. The first kappa shape index (κ1) is 40.0. The maximum atomic E-state index is 13.9. The van der Waals surface area contributed by atoms with Crippen molar-refractivity contribution in [3.63, 3.8) is 0 Å². The number of nitrogens with one attached hydrogen (secondary N) is 2. The first-order valence-electron chi connectivity index (χ1n) is 18.0. The second-order valence-corrected chi connectivity index (χ2v) is 15.7. The average molecular weight is 748 g/mol. The van der Waals surface area contributed by atoms with Crippen molar-refractivity contribution >= 4 is 41.1 Å². The molecule has 0 spiro atoms. The number of nitrogens with zero attached hydrogens (tertiary/aromatic N) is 3. The zero-order chi connectivity index (χ0) is 39.4. The highest BCUT2D eigenvalue weighted by Crippen LogP contribution is 2.27. The predicted octanol–water partition coefficient (Wildman–Crippen LogP) is 5.65. The fourth-order valence-corrected chi connectivity index (χ4v) is 6.39. The first-order chi connectivity index (χ1) is 25.4. The molecule has 2 fully saturated rings. The Bertz CT molecular complexity index is 1680. The number of rotatable bonds is 9. The molecule has 14 heteroatoms. The number of carbonyl (C=O) groups is 4. The molecule has 13 nitrogen and oxygen atoms in total. The van der Waals surface area contributed by atoms with Crippen LogP contribution in [0, 0.1) is 5.82 Å². The molecule has 54 heavy (non-hydrogen) atoms. The zero-order valence-electron chi connectivity index (χ0n) is 31.5. The van der Waals surface area contributed by atoms with Crippen LogP contribution < -0.4 is 15.5 Å². The van der Waals surface area contributed by atoms with Crippen LogP contribution in [0.25, 0.3) is 0 Å². The van der Waals surface area contributed by atoms with Gasteiger partial charge in [-0.1, -0.05) is 24.3 Å². The van der Waals surface area contributed by atoms with Gasteiger partial charge in [0.2, 0.25) is 11.8 Å². The van der Waals surface area contributed by atoms with Crippen molar-refractivity contribution in [3.8, 4) is 0 Å². The smallest absolute Gasteiger partial charge is 0.411 e. The molecule has 3 aromatic rings. The maximum Gasteiger partial charge on any atom is 0.411 e. The molecule has 290 valence electrons. The summed E-state index contributed by atoms with van der Waals surface area (Å²) in [6.45, 7) is 11.6. The number of hydrogen-bond acceptors (Lipinski definition) is 9. The van der Waals surface area contributed by atoms with E-state index in [-0.39, 0.29) is 31.7 Å². The summed E-state index contributed by atoms with van der Waals surface area (Å²) in [6, 6.07) is 18.3. The maximum absolute atomic E-state index is 13.9. The van der Waals surface area contributed by atoms with Gasteiger partial charge in [-0.05, 0) is 114 Å². The standard InChI is InChI=1S/C40H50FN5O8/c1-39(2,3)53-37(51)45-21-19-31(47)33(45)35(49)42-28-13-7-25(8-14-28)23-44(30-17-11-27(41)12-18-30)24-26-9-15-29(16-10-26)43-36(50)34-32(48)20-22-46(34)38(52)54-40(4,5)6/h7-18,31-34,47-48H,19-24H2,1-6H3,(H,42,49)(H,43,50)/t31-,32-,33-,34?/m0/s1. The van der Waals surface area contributed by atoms with Crippen molar-refractivity contribution < 1.29 is 43.3 Å². The van der Waals surface area contributed by atoms with Gasteiger partial charge in [-0.15, -0.1) is 0 Å². The number of carbonyl (C=O) groups excluding carboxylic acids is 4. The molecular formula is C40H50FN5O8. The number of hydrogen-bond donors (Lipinski definition) is 4. The molecule has 0 aliphatic carbocycles. The van der Waals surface area contributed by atoms with E-state index in [1.807, 2.05) is 29.2 Å². The van der Waals surface area contributed by atoms with Gasteiger partial charge in [0.1, 0.15) is 29.1 Å². The average Bonchev–Trinajstić information content (AvgIpc) is 3.67. The number of amides is 4. The van der Waals surface area contributed by atoms with Crippen molar-refractivity contribution in [2.75, 3.05) is 28.6 Å². The van der Waals surface area contributed by atoms with Gasteiger partial charge < -0.3 is 35.2 Å². The third-order valence-electron chi connectivity index (χ3n) is 8.91. The minimum absolute atomic E-state index is 0.197. The number of aliphatic hydroxyl groups is 2. The van der Waals surface area contributed by atoms with Gasteiger partial charge in [0.25, 0.3) is 0 Å². The third kappa shape index (κ3) is 10.5. The topological polar surface area (TPSA) is 161 Å². The minimum atomic E-state index is -1.09. The summed E-state index contributed by atoms with van der Waals surface area (Å²) in [5, 5.41) is 26.7. The number of anilines is 3. The van der Waals surface area contributed by atoms with E-state index >= 15 is 0 Å². The molecule has 2 aliphatic rings. The number of aliphatic hydroxyl groups excluding tert-OH is 2. The van der Waals surface area contributed by atoms with E-state index in [2.05, 4.69) is 10.6 Å². The van der Waals surface area contributed by atoms with Crippen LogP contribution >= 0.6 is 0 Å². The summed E-state index contributed by atoms with van der Waals surface area (Å²) in [6.07, 6.45) is -2.86. The van der Waals surface area contributed by atoms with Crippen molar-refractivity contribution in [2.45, 2.75) is 103 Å². The van der Waals surface area contributed by atoms with Crippen LogP contribution in [0.2, 0.25) is 0 Å². The summed E-state index contributed by atoms with van der Waals surface area (Å²) in [5.41, 5.74) is 2.01. The number of halogens is 1. The molecule has 2 heterocycles. The molecule has 5 rings (SSSR count). The van der Waals surface area contributed by atoms with Gasteiger partial charge in [-0.2, -0.15) is 0 Å². The highest BCUT2D eigenvalue weighted by atomic mass is 19.1. The normalized spacial score (nSPS) is 20.0. The van der Waals surface area contributed by atoms with E-state index in [4.69, 9.17) is 9.47 Å². The number of benzene rings is 3. The van der Waals surface area contributed by atoms with Gasteiger partial charge in [0, 0.05) is 43.2 Å². The molecule has 4 atom stereocenters. The second kappa shape index (κ2) is 16.4. The molecule has 0 saturated carbocycles. The lowest BCUT2D eigenvalue weighted by molar-refractivity contribution is -0.123. The number of ether oxygens (including phenoxy) is 2. The molecule has 4 amide bonds. The van der Waals surface area contributed by atoms with Crippen molar-refractivity contribution in [3.05, 3.63) is 89.7 Å². The second-order valence-electron chi connectivity index (χ2n) is 15.7. The summed E-state index contributed by atoms with van der Waals surface area (Å²) in [4.78, 5) is 56.4. The number of likely N-dealkylation sites (tertiary alicyclic amines) is 2. The Hall–Kier alpha value is -5.21. The Morgan fingerprint density at radius 3 is 1.39 bits per heavy atom. The lowest BCUT2D eigenvalue weighted by atomic mass is 10.1. The highest BCUT2D eigenvalue weighted by Gasteiger charge is 2.44. The van der Waals surface area contributed by atoms with Crippen LogP contribution in [0.1, 0.15) is 65.5 Å². The Morgan fingerprint density at radius 2 is 1.04 bits per heavy atom. The molecule has 0 radical (unpaired) electrons. The van der Waals surface area contributed by atoms with Gasteiger partial charge >= 0.3 is 12.2 Å². The Balaban J connectivity index is 1.24. The summed E-state index contributed by atoms with van der Waals surface area (Å²) in [7, 11) is 0.